The number of pyridine rings is 1. The molecular formula is C23H20ClIN2O. The maximum absolute atomic E-state index is 12.8. The molecule has 0 unspecified atom stereocenters. The highest BCUT2D eigenvalue weighted by molar-refractivity contribution is 14.1. The summed E-state index contributed by atoms with van der Waals surface area (Å²) < 4.78 is 4.93. The fourth-order valence-corrected chi connectivity index (χ4v) is 4.80. The van der Waals surface area contributed by atoms with Gasteiger partial charge in [0.25, 0.3) is 5.56 Å². The van der Waals surface area contributed by atoms with Gasteiger partial charge in [0.2, 0.25) is 0 Å². The summed E-state index contributed by atoms with van der Waals surface area (Å²) in [6.07, 6.45) is 2.84. The van der Waals surface area contributed by atoms with E-state index >= 15 is 0 Å². The van der Waals surface area contributed by atoms with Gasteiger partial charge in [-0.25, -0.2) is 0 Å². The van der Waals surface area contributed by atoms with Crippen molar-refractivity contribution in [3.63, 3.8) is 0 Å². The zero-order chi connectivity index (χ0) is 19.8. The van der Waals surface area contributed by atoms with Crippen molar-refractivity contribution < 1.29 is 0 Å². The minimum atomic E-state index is -0.0501. The average Bonchev–Trinajstić information content (AvgIpc) is 2.99. The lowest BCUT2D eigenvalue weighted by Gasteiger charge is -2.09. The molecule has 2 aromatic carbocycles. The largest absolute Gasteiger partial charge is 0.347 e. The number of fused-ring (bicyclic) bond motifs is 1. The molecule has 0 aliphatic heterocycles. The lowest BCUT2D eigenvalue weighted by atomic mass is 10.1. The average molecular weight is 503 g/mol. The van der Waals surface area contributed by atoms with Crippen LogP contribution in [0.3, 0.4) is 0 Å². The Bertz CT molecular complexity index is 1220. The predicted molar refractivity (Wildman–Crippen MR) is 126 cm³/mol. The molecular weight excluding hydrogens is 483 g/mol. The van der Waals surface area contributed by atoms with Gasteiger partial charge in [-0.15, -0.1) is 0 Å². The molecule has 4 aromatic rings. The van der Waals surface area contributed by atoms with Crippen molar-refractivity contribution in [2.24, 2.45) is 7.05 Å². The number of benzene rings is 2. The van der Waals surface area contributed by atoms with E-state index in [-0.39, 0.29) is 5.56 Å². The molecule has 0 N–H and O–H groups in total. The van der Waals surface area contributed by atoms with Gasteiger partial charge in [0.05, 0.1) is 11.2 Å². The molecule has 28 heavy (non-hydrogen) atoms. The van der Waals surface area contributed by atoms with E-state index in [0.717, 1.165) is 33.2 Å². The summed E-state index contributed by atoms with van der Waals surface area (Å²) in [6.45, 7) is 2.19. The molecule has 142 valence electrons. The number of hydrogen-bond acceptors (Lipinski definition) is 1. The zero-order valence-electron chi connectivity index (χ0n) is 15.7. The third kappa shape index (κ3) is 3.29. The molecule has 2 aromatic heterocycles. The van der Waals surface area contributed by atoms with E-state index in [4.69, 9.17) is 11.6 Å². The summed E-state index contributed by atoms with van der Waals surface area (Å²) in [4.78, 5) is 12.8. The third-order valence-corrected chi connectivity index (χ3v) is 6.28. The van der Waals surface area contributed by atoms with Gasteiger partial charge in [0, 0.05) is 39.8 Å². The molecule has 0 bridgehead atoms. The van der Waals surface area contributed by atoms with Crippen molar-refractivity contribution in [1.29, 1.82) is 0 Å². The van der Waals surface area contributed by atoms with Gasteiger partial charge in [0.15, 0.2) is 0 Å². The number of rotatable bonds is 4. The Morgan fingerprint density at radius 3 is 2.39 bits per heavy atom. The monoisotopic (exact) mass is 502 g/mol. The summed E-state index contributed by atoms with van der Waals surface area (Å²) >= 11 is 8.39. The summed E-state index contributed by atoms with van der Waals surface area (Å²) in [5.74, 6) is 0. The number of nitrogens with zero attached hydrogens (tertiary/aromatic N) is 2. The fraction of sp³-hybridized carbons (Fsp3) is 0.174. The van der Waals surface area contributed by atoms with Gasteiger partial charge in [-0.1, -0.05) is 59.3 Å². The second-order valence-electron chi connectivity index (χ2n) is 6.80. The SMILES string of the molecule is CCc1c(CI)c2ccc(-n3ccc(-c4ccc(Cl)cc4)cc3=O)cc2n1C. The molecule has 0 saturated heterocycles. The highest BCUT2D eigenvalue weighted by Crippen LogP contribution is 2.29. The van der Waals surface area contributed by atoms with Crippen LogP contribution in [0.2, 0.25) is 5.02 Å². The van der Waals surface area contributed by atoms with Gasteiger partial charge in [-0.3, -0.25) is 9.36 Å². The van der Waals surface area contributed by atoms with Crippen LogP contribution in [0.25, 0.3) is 27.7 Å². The van der Waals surface area contributed by atoms with Gasteiger partial charge in [-0.2, -0.15) is 0 Å². The maximum Gasteiger partial charge on any atom is 0.255 e. The minimum Gasteiger partial charge on any atom is -0.347 e. The molecule has 0 fully saturated rings. The van der Waals surface area contributed by atoms with Gasteiger partial charge in [-0.05, 0) is 53.4 Å². The van der Waals surface area contributed by atoms with Crippen molar-refractivity contribution >= 4 is 45.1 Å². The topological polar surface area (TPSA) is 26.9 Å². The number of aromatic nitrogens is 2. The lowest BCUT2D eigenvalue weighted by Crippen LogP contribution is -2.16. The molecule has 0 aliphatic rings. The quantitative estimate of drug-likeness (QED) is 0.243. The van der Waals surface area contributed by atoms with E-state index in [1.54, 1.807) is 10.6 Å². The molecule has 0 atom stereocenters. The second kappa shape index (κ2) is 7.76. The molecule has 0 aliphatic carbocycles. The summed E-state index contributed by atoms with van der Waals surface area (Å²) in [7, 11) is 2.10. The Kier molecular flexibility index (Phi) is 5.34. The lowest BCUT2D eigenvalue weighted by molar-refractivity contribution is 0.855. The van der Waals surface area contributed by atoms with E-state index in [1.165, 1.54) is 16.6 Å². The van der Waals surface area contributed by atoms with E-state index in [1.807, 2.05) is 42.6 Å². The first-order valence-corrected chi connectivity index (χ1v) is 11.1. The standard InChI is InChI=1S/C23H20ClIN2O/c1-3-21-20(14-25)19-9-8-18(13-22(19)26(21)2)27-11-10-16(12-23(27)28)15-4-6-17(24)7-5-15/h4-13H,3,14H2,1-2H3. The fourth-order valence-electron chi connectivity index (χ4n) is 3.82. The number of halogens is 2. The predicted octanol–water partition coefficient (Wildman–Crippen LogP) is 6.15. The van der Waals surface area contributed by atoms with Crippen molar-refractivity contribution in [2.45, 2.75) is 17.8 Å². The number of hydrogen-bond donors (Lipinski definition) is 0. The molecule has 3 nitrogen and oxygen atoms in total. The van der Waals surface area contributed by atoms with Gasteiger partial charge < -0.3 is 4.57 Å². The van der Waals surface area contributed by atoms with Crippen LogP contribution < -0.4 is 5.56 Å². The summed E-state index contributed by atoms with van der Waals surface area (Å²) in [5.41, 5.74) is 6.60. The first-order valence-electron chi connectivity index (χ1n) is 9.18. The Morgan fingerprint density at radius 1 is 1.00 bits per heavy atom. The molecule has 0 spiro atoms. The van der Waals surface area contributed by atoms with Crippen molar-refractivity contribution in [3.05, 3.63) is 87.4 Å². The van der Waals surface area contributed by atoms with Crippen molar-refractivity contribution in [1.82, 2.24) is 9.13 Å². The van der Waals surface area contributed by atoms with Crippen LogP contribution >= 0.6 is 34.2 Å². The molecule has 5 heteroatoms. The van der Waals surface area contributed by atoms with Crippen LogP contribution in [-0.2, 0) is 17.9 Å². The Hall–Kier alpha value is -2.05. The molecule has 4 rings (SSSR count). The second-order valence-corrected chi connectivity index (χ2v) is 8.00. The third-order valence-electron chi connectivity index (χ3n) is 5.26. The smallest absolute Gasteiger partial charge is 0.255 e. The van der Waals surface area contributed by atoms with Crippen molar-refractivity contribution in [3.8, 4) is 16.8 Å². The van der Waals surface area contributed by atoms with Crippen LogP contribution in [0, 0.1) is 0 Å². The molecule has 2 heterocycles. The Morgan fingerprint density at radius 2 is 1.75 bits per heavy atom. The number of alkyl halides is 1. The maximum atomic E-state index is 12.8. The van der Waals surface area contributed by atoms with Crippen LogP contribution in [0.1, 0.15) is 18.2 Å². The van der Waals surface area contributed by atoms with Gasteiger partial charge >= 0.3 is 0 Å². The number of aryl methyl sites for hydroxylation is 1. The van der Waals surface area contributed by atoms with Crippen LogP contribution in [-0.4, -0.2) is 9.13 Å². The summed E-state index contributed by atoms with van der Waals surface area (Å²) in [5, 5.41) is 1.95. The zero-order valence-corrected chi connectivity index (χ0v) is 18.7. The van der Waals surface area contributed by atoms with Crippen LogP contribution in [0.5, 0.6) is 0 Å². The van der Waals surface area contributed by atoms with Crippen molar-refractivity contribution in [2.75, 3.05) is 0 Å². The van der Waals surface area contributed by atoms with Crippen LogP contribution in [0.4, 0.5) is 0 Å². The first-order chi connectivity index (χ1) is 13.5. The summed E-state index contributed by atoms with van der Waals surface area (Å²) in [6, 6.07) is 17.4. The highest BCUT2D eigenvalue weighted by atomic mass is 127. The minimum absolute atomic E-state index is 0.0501. The van der Waals surface area contributed by atoms with Crippen LogP contribution in [0.15, 0.2) is 65.6 Å². The first kappa shape index (κ1) is 19.3. The van der Waals surface area contributed by atoms with E-state index in [2.05, 4.69) is 53.3 Å². The molecule has 0 saturated carbocycles. The highest BCUT2D eigenvalue weighted by Gasteiger charge is 2.14. The Labute approximate surface area is 182 Å². The van der Waals surface area contributed by atoms with E-state index in [0.29, 0.717) is 5.02 Å². The van der Waals surface area contributed by atoms with Gasteiger partial charge in [0.1, 0.15) is 0 Å². The van der Waals surface area contributed by atoms with E-state index < -0.39 is 0 Å². The molecule has 0 radical (unpaired) electrons. The Balaban J connectivity index is 1.81. The molecule has 0 amide bonds. The van der Waals surface area contributed by atoms with E-state index in [9.17, 15) is 4.79 Å². The normalized spacial score (nSPS) is 11.3.